The lowest BCUT2D eigenvalue weighted by Crippen LogP contribution is -2.24. The van der Waals surface area contributed by atoms with Crippen LogP contribution in [0.3, 0.4) is 0 Å². The largest absolute Gasteiger partial charge is 0.366 e. The highest BCUT2D eigenvalue weighted by Gasteiger charge is 2.18. The monoisotopic (exact) mass is 541 g/mol. The van der Waals surface area contributed by atoms with E-state index in [1.165, 1.54) is 22.4 Å². The van der Waals surface area contributed by atoms with Crippen LogP contribution < -0.4 is 4.90 Å². The van der Waals surface area contributed by atoms with Crippen molar-refractivity contribution in [3.05, 3.63) is 85.1 Å². The highest BCUT2D eigenvalue weighted by molar-refractivity contribution is 9.11. The molecule has 5 heteroatoms. The Bertz CT molecular complexity index is 1110. The molecule has 0 saturated carbocycles. The van der Waals surface area contributed by atoms with Gasteiger partial charge in [0.15, 0.2) is 0 Å². The number of benzene rings is 2. The summed E-state index contributed by atoms with van der Waals surface area (Å²) in [6, 6.07) is 14.9. The molecule has 0 bridgehead atoms. The van der Waals surface area contributed by atoms with Crippen molar-refractivity contribution in [1.82, 2.24) is 4.98 Å². The molecule has 162 valence electrons. The maximum absolute atomic E-state index is 4.96. The Morgan fingerprint density at radius 2 is 1.55 bits per heavy atom. The van der Waals surface area contributed by atoms with Gasteiger partial charge in [0, 0.05) is 21.7 Å². The zero-order valence-corrected chi connectivity index (χ0v) is 22.4. The summed E-state index contributed by atoms with van der Waals surface area (Å²) in [5.41, 5.74) is 10.0. The van der Waals surface area contributed by atoms with Crippen molar-refractivity contribution in [2.75, 3.05) is 11.9 Å². The van der Waals surface area contributed by atoms with E-state index in [2.05, 4.69) is 103 Å². The molecule has 0 radical (unpaired) electrons. The van der Waals surface area contributed by atoms with E-state index in [0.29, 0.717) is 0 Å². The van der Waals surface area contributed by atoms with E-state index in [-0.39, 0.29) is 6.04 Å². The summed E-state index contributed by atoms with van der Waals surface area (Å²) >= 11 is 7.21. The Balaban J connectivity index is 1.92. The molecule has 0 aliphatic heterocycles. The average molecular weight is 543 g/mol. The van der Waals surface area contributed by atoms with Crippen LogP contribution in [0.15, 0.2) is 56.4 Å². The molecule has 0 amide bonds. The van der Waals surface area contributed by atoms with E-state index in [1.807, 2.05) is 25.1 Å². The van der Waals surface area contributed by atoms with Gasteiger partial charge in [0.2, 0.25) is 0 Å². The van der Waals surface area contributed by atoms with Gasteiger partial charge in [-0.2, -0.15) is 0 Å². The van der Waals surface area contributed by atoms with Crippen LogP contribution in [0.5, 0.6) is 0 Å². The maximum Gasteiger partial charge on any atom is 0.0846 e. The lowest BCUT2D eigenvalue weighted by atomic mass is 10.0. The summed E-state index contributed by atoms with van der Waals surface area (Å²) in [5, 5.41) is 0. The van der Waals surface area contributed by atoms with Gasteiger partial charge in [-0.3, -0.25) is 4.99 Å². The normalized spacial score (nSPS) is 12.7. The fraction of sp³-hybridized carbons (Fsp3) is 0.308. The summed E-state index contributed by atoms with van der Waals surface area (Å²) in [4.78, 5) is 12.1. The van der Waals surface area contributed by atoms with E-state index >= 15 is 0 Å². The van der Waals surface area contributed by atoms with Crippen molar-refractivity contribution in [2.45, 2.75) is 47.6 Å². The van der Waals surface area contributed by atoms with Crippen LogP contribution in [0.2, 0.25) is 0 Å². The number of rotatable bonds is 5. The van der Waals surface area contributed by atoms with Crippen molar-refractivity contribution in [1.29, 1.82) is 0 Å². The first-order valence-electron chi connectivity index (χ1n) is 10.4. The Kier molecular flexibility index (Phi) is 7.38. The second kappa shape index (κ2) is 9.66. The Hall–Kier alpha value is -1.98. The molecule has 0 saturated heterocycles. The topological polar surface area (TPSA) is 28.5 Å². The average Bonchev–Trinajstić information content (AvgIpc) is 2.70. The van der Waals surface area contributed by atoms with Crippen molar-refractivity contribution in [2.24, 2.45) is 4.99 Å². The molecule has 1 atom stereocenters. The second-order valence-corrected chi connectivity index (χ2v) is 9.92. The number of aromatic nitrogens is 1. The van der Waals surface area contributed by atoms with Crippen LogP contribution >= 0.6 is 31.9 Å². The van der Waals surface area contributed by atoms with Crippen LogP contribution in [0.25, 0.3) is 0 Å². The Labute approximate surface area is 202 Å². The number of hydrogen-bond donors (Lipinski definition) is 0. The third-order valence-corrected chi connectivity index (χ3v) is 7.35. The van der Waals surface area contributed by atoms with Gasteiger partial charge in [-0.15, -0.1) is 0 Å². The number of aliphatic imine (C=N–C) groups is 1. The quantitative estimate of drug-likeness (QED) is 0.304. The van der Waals surface area contributed by atoms with Gasteiger partial charge >= 0.3 is 0 Å². The molecule has 3 aromatic rings. The van der Waals surface area contributed by atoms with Crippen LogP contribution in [0.4, 0.5) is 11.4 Å². The number of nitrogens with zero attached hydrogens (tertiary/aromatic N) is 3. The number of hydrogen-bond acceptors (Lipinski definition) is 3. The standard InChI is InChI=1S/C26H29Br2N3/c1-15-11-16(2)26(17(3)12-15)31(7)20(6)25-10-8-9-24(30-25)19(5)29-21-13-22(27)18(4)23(28)14-21/h8-14,20H,1-7H3. The number of pyridine rings is 1. The van der Waals surface area contributed by atoms with Gasteiger partial charge in [0.05, 0.1) is 28.8 Å². The molecule has 1 unspecified atom stereocenters. The first-order valence-corrected chi connectivity index (χ1v) is 12.0. The molecule has 3 nitrogen and oxygen atoms in total. The van der Waals surface area contributed by atoms with Crippen LogP contribution in [0.1, 0.15) is 53.5 Å². The zero-order valence-electron chi connectivity index (χ0n) is 19.2. The maximum atomic E-state index is 4.96. The van der Waals surface area contributed by atoms with E-state index in [0.717, 1.165) is 37.3 Å². The molecule has 0 fully saturated rings. The summed E-state index contributed by atoms with van der Waals surface area (Å²) in [5.74, 6) is 0. The molecule has 1 heterocycles. The van der Waals surface area contributed by atoms with Crippen molar-refractivity contribution in [3.8, 4) is 0 Å². The van der Waals surface area contributed by atoms with E-state index in [1.54, 1.807) is 0 Å². The Morgan fingerprint density at radius 1 is 0.968 bits per heavy atom. The first-order chi connectivity index (χ1) is 14.6. The lowest BCUT2D eigenvalue weighted by Gasteiger charge is -2.30. The van der Waals surface area contributed by atoms with Crippen LogP contribution in [0, 0.1) is 27.7 Å². The molecule has 1 aromatic heterocycles. The number of aryl methyl sites for hydroxylation is 3. The predicted molar refractivity (Wildman–Crippen MR) is 140 cm³/mol. The van der Waals surface area contributed by atoms with E-state index in [9.17, 15) is 0 Å². The van der Waals surface area contributed by atoms with Gasteiger partial charge in [0.1, 0.15) is 0 Å². The third kappa shape index (κ3) is 5.27. The first kappa shape index (κ1) is 23.7. The fourth-order valence-corrected chi connectivity index (χ4v) is 5.12. The van der Waals surface area contributed by atoms with Crippen molar-refractivity contribution in [3.63, 3.8) is 0 Å². The highest BCUT2D eigenvalue weighted by atomic mass is 79.9. The molecule has 0 aliphatic rings. The van der Waals surface area contributed by atoms with Gasteiger partial charge in [0.25, 0.3) is 0 Å². The SMILES string of the molecule is CC(=Nc1cc(Br)c(C)c(Br)c1)c1cccc(C(C)N(C)c2c(C)cc(C)cc2C)n1. The van der Waals surface area contributed by atoms with Crippen LogP contribution in [-0.2, 0) is 0 Å². The van der Waals surface area contributed by atoms with E-state index < -0.39 is 0 Å². The Morgan fingerprint density at radius 3 is 2.13 bits per heavy atom. The predicted octanol–water partition coefficient (Wildman–Crippen LogP) is 8.18. The second-order valence-electron chi connectivity index (χ2n) is 8.21. The molecular weight excluding hydrogens is 514 g/mol. The van der Waals surface area contributed by atoms with Gasteiger partial charge in [-0.1, -0.05) is 55.6 Å². The van der Waals surface area contributed by atoms with Gasteiger partial charge in [-0.25, -0.2) is 4.98 Å². The summed E-state index contributed by atoms with van der Waals surface area (Å²) in [6.45, 7) is 12.8. The number of halogens is 2. The van der Waals surface area contributed by atoms with E-state index in [4.69, 9.17) is 9.98 Å². The fourth-order valence-electron chi connectivity index (χ4n) is 3.95. The molecule has 3 rings (SSSR count). The highest BCUT2D eigenvalue weighted by Crippen LogP contribution is 2.32. The summed E-state index contributed by atoms with van der Waals surface area (Å²) in [6.07, 6.45) is 0. The lowest BCUT2D eigenvalue weighted by molar-refractivity contribution is 0.709. The van der Waals surface area contributed by atoms with Crippen molar-refractivity contribution < 1.29 is 0 Å². The number of anilines is 1. The van der Waals surface area contributed by atoms with Gasteiger partial charge in [-0.05, 0) is 82.5 Å². The molecule has 0 spiro atoms. The minimum absolute atomic E-state index is 0.135. The molecule has 0 aliphatic carbocycles. The van der Waals surface area contributed by atoms with Gasteiger partial charge < -0.3 is 4.90 Å². The molecule has 2 aromatic carbocycles. The zero-order chi connectivity index (χ0) is 22.9. The summed E-state index contributed by atoms with van der Waals surface area (Å²) in [7, 11) is 2.14. The smallest absolute Gasteiger partial charge is 0.0846 e. The van der Waals surface area contributed by atoms with Crippen molar-refractivity contribution >= 4 is 48.9 Å². The van der Waals surface area contributed by atoms with Crippen LogP contribution in [-0.4, -0.2) is 17.7 Å². The molecule has 31 heavy (non-hydrogen) atoms. The minimum Gasteiger partial charge on any atom is -0.366 e. The summed E-state index contributed by atoms with van der Waals surface area (Å²) < 4.78 is 2.07. The molecule has 0 N–H and O–H groups in total. The molecular formula is C26H29Br2N3. The minimum atomic E-state index is 0.135. The third-order valence-electron chi connectivity index (χ3n) is 5.70.